The van der Waals surface area contributed by atoms with Crippen LogP contribution >= 0.6 is 0 Å². The molecule has 0 heterocycles. The van der Waals surface area contributed by atoms with Crippen molar-refractivity contribution < 1.29 is 13.2 Å². The zero-order valence-electron chi connectivity index (χ0n) is 7.60. The fraction of sp³-hybridized carbons (Fsp3) is 0.333. The molecule has 1 aromatic rings. The molecule has 1 atom stereocenters. The summed E-state index contributed by atoms with van der Waals surface area (Å²) < 4.78 is 36.8. The quantitative estimate of drug-likeness (QED) is 0.688. The standard InChI is InChI=1S/C9H11F3N2/c1-5-2-3-6(13)4-7(5)8(14)9(10,11)12/h2-4,8H,13-14H2,1H3/t8-/m0/s1. The van der Waals surface area contributed by atoms with Gasteiger partial charge in [-0.15, -0.1) is 0 Å². The van der Waals surface area contributed by atoms with Gasteiger partial charge in [-0.2, -0.15) is 13.2 Å². The molecule has 0 bridgehead atoms. The molecule has 2 nitrogen and oxygen atoms in total. The zero-order chi connectivity index (χ0) is 10.9. The molecule has 14 heavy (non-hydrogen) atoms. The van der Waals surface area contributed by atoms with E-state index in [1.165, 1.54) is 12.1 Å². The average Bonchev–Trinajstić information content (AvgIpc) is 2.06. The van der Waals surface area contributed by atoms with Gasteiger partial charge < -0.3 is 11.5 Å². The Morgan fingerprint density at radius 2 is 1.86 bits per heavy atom. The number of nitrogens with two attached hydrogens (primary N) is 2. The molecule has 0 fully saturated rings. The number of anilines is 1. The van der Waals surface area contributed by atoms with Crippen LogP contribution in [-0.2, 0) is 0 Å². The van der Waals surface area contributed by atoms with Gasteiger partial charge in [0.15, 0.2) is 0 Å². The highest BCUT2D eigenvalue weighted by atomic mass is 19.4. The molecule has 0 radical (unpaired) electrons. The number of aryl methyl sites for hydroxylation is 1. The summed E-state index contributed by atoms with van der Waals surface area (Å²) in [4.78, 5) is 0. The monoisotopic (exact) mass is 204 g/mol. The van der Waals surface area contributed by atoms with Crippen molar-refractivity contribution in [1.29, 1.82) is 0 Å². The summed E-state index contributed by atoms with van der Waals surface area (Å²) in [7, 11) is 0. The van der Waals surface area contributed by atoms with Crippen molar-refractivity contribution in [3.63, 3.8) is 0 Å². The van der Waals surface area contributed by atoms with Crippen LogP contribution in [-0.4, -0.2) is 6.18 Å². The Kier molecular flexibility index (Phi) is 2.71. The first-order valence-corrected chi connectivity index (χ1v) is 4.00. The predicted molar refractivity (Wildman–Crippen MR) is 48.6 cm³/mol. The molecule has 0 unspecified atom stereocenters. The van der Waals surface area contributed by atoms with Crippen molar-refractivity contribution in [2.75, 3.05) is 5.73 Å². The molecule has 4 N–H and O–H groups in total. The van der Waals surface area contributed by atoms with Crippen LogP contribution in [0.2, 0.25) is 0 Å². The molecule has 0 aliphatic rings. The van der Waals surface area contributed by atoms with E-state index in [9.17, 15) is 13.2 Å². The molecule has 0 amide bonds. The number of nitrogen functional groups attached to an aromatic ring is 1. The Hall–Kier alpha value is -1.23. The second-order valence-electron chi connectivity index (χ2n) is 3.14. The number of halogens is 3. The minimum atomic E-state index is -4.43. The molecular weight excluding hydrogens is 193 g/mol. The Morgan fingerprint density at radius 1 is 1.29 bits per heavy atom. The highest BCUT2D eigenvalue weighted by Gasteiger charge is 2.38. The van der Waals surface area contributed by atoms with E-state index >= 15 is 0 Å². The number of rotatable bonds is 1. The molecular formula is C9H11F3N2. The minimum absolute atomic E-state index is 0.0255. The van der Waals surface area contributed by atoms with Crippen LogP contribution in [0, 0.1) is 6.92 Å². The maximum atomic E-state index is 12.3. The molecule has 1 rings (SSSR count). The van der Waals surface area contributed by atoms with Gasteiger partial charge >= 0.3 is 6.18 Å². The zero-order valence-corrected chi connectivity index (χ0v) is 7.60. The van der Waals surface area contributed by atoms with Crippen molar-refractivity contribution in [3.05, 3.63) is 29.3 Å². The van der Waals surface area contributed by atoms with Crippen LogP contribution in [0.15, 0.2) is 18.2 Å². The molecule has 0 saturated heterocycles. The lowest BCUT2D eigenvalue weighted by Gasteiger charge is -2.18. The van der Waals surface area contributed by atoms with Crippen LogP contribution in [0.3, 0.4) is 0 Å². The van der Waals surface area contributed by atoms with Gasteiger partial charge in [-0.05, 0) is 30.2 Å². The molecule has 78 valence electrons. The highest BCUT2D eigenvalue weighted by molar-refractivity contribution is 5.45. The van der Waals surface area contributed by atoms with E-state index in [1.807, 2.05) is 0 Å². The first kappa shape index (κ1) is 10.8. The van der Waals surface area contributed by atoms with Gasteiger partial charge in [-0.3, -0.25) is 0 Å². The van der Waals surface area contributed by atoms with Crippen LogP contribution in [0.1, 0.15) is 17.2 Å². The summed E-state index contributed by atoms with van der Waals surface area (Å²) in [5.41, 5.74) is 11.2. The Labute approximate surface area is 79.7 Å². The first-order chi connectivity index (χ1) is 6.32. The van der Waals surface area contributed by atoms with Gasteiger partial charge in [-0.25, -0.2) is 0 Å². The van der Waals surface area contributed by atoms with Crippen molar-refractivity contribution in [1.82, 2.24) is 0 Å². The fourth-order valence-corrected chi connectivity index (χ4v) is 1.17. The van der Waals surface area contributed by atoms with Crippen molar-refractivity contribution >= 4 is 5.69 Å². The summed E-state index contributed by atoms with van der Waals surface area (Å²) in [6.45, 7) is 1.57. The van der Waals surface area contributed by atoms with E-state index < -0.39 is 12.2 Å². The fourth-order valence-electron chi connectivity index (χ4n) is 1.17. The van der Waals surface area contributed by atoms with Crippen molar-refractivity contribution in [3.8, 4) is 0 Å². The van der Waals surface area contributed by atoms with E-state index in [-0.39, 0.29) is 11.3 Å². The minimum Gasteiger partial charge on any atom is -0.399 e. The molecule has 0 aliphatic carbocycles. The third kappa shape index (κ3) is 2.17. The molecule has 5 heteroatoms. The molecule has 0 spiro atoms. The SMILES string of the molecule is Cc1ccc(N)cc1[C@H](N)C(F)(F)F. The number of hydrogen-bond acceptors (Lipinski definition) is 2. The first-order valence-electron chi connectivity index (χ1n) is 4.00. The summed E-state index contributed by atoms with van der Waals surface area (Å²) >= 11 is 0. The van der Waals surface area contributed by atoms with Crippen LogP contribution in [0.4, 0.5) is 18.9 Å². The van der Waals surface area contributed by atoms with Crippen LogP contribution in [0.5, 0.6) is 0 Å². The Balaban J connectivity index is 3.12. The topological polar surface area (TPSA) is 52.0 Å². The summed E-state index contributed by atoms with van der Waals surface area (Å²) in [6, 6.07) is 2.36. The van der Waals surface area contributed by atoms with Gasteiger partial charge in [0.1, 0.15) is 6.04 Å². The maximum Gasteiger partial charge on any atom is 0.407 e. The van der Waals surface area contributed by atoms with Crippen molar-refractivity contribution in [2.24, 2.45) is 5.73 Å². The largest absolute Gasteiger partial charge is 0.407 e. The van der Waals surface area contributed by atoms with Gasteiger partial charge in [0.25, 0.3) is 0 Å². The van der Waals surface area contributed by atoms with Gasteiger partial charge in [0, 0.05) is 5.69 Å². The second-order valence-corrected chi connectivity index (χ2v) is 3.14. The van der Waals surface area contributed by atoms with E-state index in [0.717, 1.165) is 0 Å². The maximum absolute atomic E-state index is 12.3. The molecule has 0 aliphatic heterocycles. The predicted octanol–water partition coefficient (Wildman–Crippen LogP) is 2.14. The highest BCUT2D eigenvalue weighted by Crippen LogP contribution is 2.32. The lowest BCUT2D eigenvalue weighted by atomic mass is 10.0. The molecule has 1 aromatic carbocycles. The average molecular weight is 204 g/mol. The molecule has 0 aromatic heterocycles. The Bertz CT molecular complexity index is 333. The third-order valence-corrected chi connectivity index (χ3v) is 1.99. The summed E-state index contributed by atoms with van der Waals surface area (Å²) in [5.74, 6) is 0. The van der Waals surface area contributed by atoms with E-state index in [1.54, 1.807) is 13.0 Å². The third-order valence-electron chi connectivity index (χ3n) is 1.99. The number of hydrogen-bond donors (Lipinski definition) is 2. The normalized spacial score (nSPS) is 14.1. The lowest BCUT2D eigenvalue weighted by Crippen LogP contribution is -2.29. The van der Waals surface area contributed by atoms with E-state index in [2.05, 4.69) is 0 Å². The number of benzene rings is 1. The van der Waals surface area contributed by atoms with E-state index in [4.69, 9.17) is 11.5 Å². The van der Waals surface area contributed by atoms with Gasteiger partial charge in [-0.1, -0.05) is 6.07 Å². The lowest BCUT2D eigenvalue weighted by molar-refractivity contribution is -0.149. The summed E-state index contributed by atoms with van der Waals surface area (Å²) in [6.07, 6.45) is -4.43. The Morgan fingerprint density at radius 3 is 2.36 bits per heavy atom. The van der Waals surface area contributed by atoms with Crippen LogP contribution in [0.25, 0.3) is 0 Å². The molecule has 0 saturated carbocycles. The van der Waals surface area contributed by atoms with Gasteiger partial charge in [0.2, 0.25) is 0 Å². The second kappa shape index (κ2) is 3.49. The van der Waals surface area contributed by atoms with E-state index in [0.29, 0.717) is 5.56 Å². The number of alkyl halides is 3. The van der Waals surface area contributed by atoms with Crippen LogP contribution < -0.4 is 11.5 Å². The summed E-state index contributed by atoms with van der Waals surface area (Å²) in [5, 5.41) is 0. The van der Waals surface area contributed by atoms with Crippen molar-refractivity contribution in [2.45, 2.75) is 19.1 Å². The van der Waals surface area contributed by atoms with Gasteiger partial charge in [0.05, 0.1) is 0 Å². The smallest absolute Gasteiger partial charge is 0.399 e.